The Labute approximate surface area is 458 Å². The van der Waals surface area contributed by atoms with E-state index in [9.17, 15) is 14.4 Å². The number of ether oxygens (including phenoxy) is 3. The molecule has 0 radical (unpaired) electrons. The van der Waals surface area contributed by atoms with Gasteiger partial charge in [0.15, 0.2) is 6.10 Å². The van der Waals surface area contributed by atoms with Crippen LogP contribution < -0.4 is 0 Å². The van der Waals surface area contributed by atoms with E-state index in [1.807, 2.05) is 0 Å². The molecule has 0 aromatic rings. The maximum Gasteiger partial charge on any atom is 0.306 e. The molecule has 0 amide bonds. The van der Waals surface area contributed by atoms with Crippen molar-refractivity contribution >= 4 is 17.9 Å². The number of allylic oxidation sites excluding steroid dienone is 14. The Morgan fingerprint density at radius 2 is 0.527 bits per heavy atom. The molecule has 0 heterocycles. The van der Waals surface area contributed by atoms with Gasteiger partial charge in [0.1, 0.15) is 13.2 Å². The number of hydrogen-bond acceptors (Lipinski definition) is 6. The molecule has 0 saturated carbocycles. The summed E-state index contributed by atoms with van der Waals surface area (Å²) in [6.07, 6.45) is 81.7. The van der Waals surface area contributed by atoms with Gasteiger partial charge in [0.05, 0.1) is 0 Å². The van der Waals surface area contributed by atoms with Crippen LogP contribution in [0.3, 0.4) is 0 Å². The summed E-state index contributed by atoms with van der Waals surface area (Å²) in [6, 6.07) is 0. The van der Waals surface area contributed by atoms with Crippen LogP contribution in [0, 0.1) is 0 Å². The molecule has 0 saturated heterocycles. The minimum atomic E-state index is -0.781. The van der Waals surface area contributed by atoms with E-state index in [0.29, 0.717) is 19.3 Å². The first-order valence-corrected chi connectivity index (χ1v) is 31.6. The highest BCUT2D eigenvalue weighted by Crippen LogP contribution is 2.16. The molecule has 0 bridgehead atoms. The molecular weight excluding hydrogens is 913 g/mol. The molecule has 0 aliphatic carbocycles. The Morgan fingerprint density at radius 3 is 0.824 bits per heavy atom. The van der Waals surface area contributed by atoms with Gasteiger partial charge in [-0.1, -0.05) is 279 Å². The van der Waals surface area contributed by atoms with Crippen LogP contribution in [0.4, 0.5) is 0 Å². The maximum atomic E-state index is 12.9. The van der Waals surface area contributed by atoms with Crippen molar-refractivity contribution in [2.45, 2.75) is 316 Å². The van der Waals surface area contributed by atoms with Gasteiger partial charge in [0.25, 0.3) is 0 Å². The molecular formula is C68H118O6. The Kier molecular flexibility index (Phi) is 59.3. The molecule has 6 nitrogen and oxygen atoms in total. The summed E-state index contributed by atoms with van der Waals surface area (Å²) in [6.45, 7) is 6.50. The van der Waals surface area contributed by atoms with Gasteiger partial charge in [-0.25, -0.2) is 0 Å². The Balaban J connectivity index is 4.18. The smallest absolute Gasteiger partial charge is 0.306 e. The van der Waals surface area contributed by atoms with Gasteiger partial charge in [-0.3, -0.25) is 14.4 Å². The monoisotopic (exact) mass is 1030 g/mol. The predicted molar refractivity (Wildman–Crippen MR) is 321 cm³/mol. The van der Waals surface area contributed by atoms with Crippen LogP contribution in [-0.4, -0.2) is 37.2 Å². The van der Waals surface area contributed by atoms with E-state index in [0.717, 1.165) is 109 Å². The first-order chi connectivity index (χ1) is 36.5. The van der Waals surface area contributed by atoms with Crippen molar-refractivity contribution in [1.82, 2.24) is 0 Å². The number of hydrogen-bond donors (Lipinski definition) is 0. The van der Waals surface area contributed by atoms with Crippen LogP contribution in [0.15, 0.2) is 85.1 Å². The Bertz CT molecular complexity index is 1420. The molecule has 426 valence electrons. The van der Waals surface area contributed by atoms with E-state index < -0.39 is 6.10 Å². The van der Waals surface area contributed by atoms with E-state index in [1.54, 1.807) is 0 Å². The summed E-state index contributed by atoms with van der Waals surface area (Å²) in [5.41, 5.74) is 0. The molecule has 1 unspecified atom stereocenters. The molecule has 0 aliphatic heterocycles. The van der Waals surface area contributed by atoms with Crippen LogP contribution in [-0.2, 0) is 28.6 Å². The highest BCUT2D eigenvalue weighted by molar-refractivity contribution is 5.71. The number of carbonyl (C=O) groups is 3. The van der Waals surface area contributed by atoms with Gasteiger partial charge in [-0.2, -0.15) is 0 Å². The average Bonchev–Trinajstić information content (AvgIpc) is 3.40. The second-order valence-corrected chi connectivity index (χ2v) is 20.9. The third kappa shape index (κ3) is 59.5. The lowest BCUT2D eigenvalue weighted by Crippen LogP contribution is -2.30. The SMILES string of the molecule is CC/C=C\C/C=C\C/C=C\C/C=C\CCCCCCCCCCCCCCCCC(=O)OCC(COC(=O)CCCCCCCCCC)OC(=O)CCCCCCCC/C=C\C/C=C\C/C=C\CCCCCCC. The van der Waals surface area contributed by atoms with E-state index in [1.165, 1.54) is 161 Å². The molecule has 0 N–H and O–H groups in total. The standard InChI is InChI=1S/C68H118O6/c1-4-7-10-13-16-19-21-23-25-27-29-31-32-33-34-35-36-38-39-41-43-45-47-49-52-55-58-61-67(70)73-64-65(63-72-66(69)60-57-54-51-18-15-12-9-6-3)74-68(71)62-59-56-53-50-48-46-44-42-40-37-30-28-26-24-22-20-17-14-11-8-5-2/h7,10,16,19,22-25,28-31,40,42,65H,4-6,8-9,11-15,17-18,20-21,26-27,32-39,41,43-64H2,1-3H3/b10-7-,19-16-,24-22-,25-23-,30-28-,31-29-,42-40-. The largest absolute Gasteiger partial charge is 0.462 e. The van der Waals surface area contributed by atoms with Crippen molar-refractivity contribution in [2.75, 3.05) is 13.2 Å². The van der Waals surface area contributed by atoms with Gasteiger partial charge < -0.3 is 14.2 Å². The lowest BCUT2D eigenvalue weighted by Gasteiger charge is -2.18. The second-order valence-electron chi connectivity index (χ2n) is 20.9. The molecule has 6 heteroatoms. The van der Waals surface area contributed by atoms with Crippen LogP contribution in [0.2, 0.25) is 0 Å². The van der Waals surface area contributed by atoms with Crippen molar-refractivity contribution < 1.29 is 28.6 Å². The van der Waals surface area contributed by atoms with Gasteiger partial charge >= 0.3 is 17.9 Å². The summed E-state index contributed by atoms with van der Waals surface area (Å²) >= 11 is 0. The Hall–Kier alpha value is -3.41. The third-order valence-corrected chi connectivity index (χ3v) is 13.6. The lowest BCUT2D eigenvalue weighted by atomic mass is 10.0. The topological polar surface area (TPSA) is 78.9 Å². The van der Waals surface area contributed by atoms with Crippen molar-refractivity contribution in [3.8, 4) is 0 Å². The molecule has 0 rings (SSSR count). The third-order valence-electron chi connectivity index (χ3n) is 13.6. The normalized spacial score (nSPS) is 12.6. The zero-order valence-electron chi connectivity index (χ0n) is 48.8. The van der Waals surface area contributed by atoms with Crippen molar-refractivity contribution in [3.05, 3.63) is 85.1 Å². The minimum absolute atomic E-state index is 0.0793. The molecule has 0 spiro atoms. The van der Waals surface area contributed by atoms with E-state index in [-0.39, 0.29) is 31.1 Å². The van der Waals surface area contributed by atoms with Crippen molar-refractivity contribution in [3.63, 3.8) is 0 Å². The molecule has 1 atom stereocenters. The number of carbonyl (C=O) groups excluding carboxylic acids is 3. The van der Waals surface area contributed by atoms with Gasteiger partial charge in [0, 0.05) is 19.3 Å². The van der Waals surface area contributed by atoms with Gasteiger partial charge in [-0.05, 0) is 96.3 Å². The second kappa shape index (κ2) is 62.1. The molecule has 0 aromatic heterocycles. The molecule has 0 aromatic carbocycles. The lowest BCUT2D eigenvalue weighted by molar-refractivity contribution is -0.167. The highest BCUT2D eigenvalue weighted by atomic mass is 16.6. The zero-order chi connectivity index (χ0) is 53.6. The van der Waals surface area contributed by atoms with Crippen LogP contribution in [0.5, 0.6) is 0 Å². The van der Waals surface area contributed by atoms with Gasteiger partial charge in [-0.15, -0.1) is 0 Å². The van der Waals surface area contributed by atoms with E-state index >= 15 is 0 Å². The fraction of sp³-hybridized carbons (Fsp3) is 0.750. The summed E-state index contributed by atoms with van der Waals surface area (Å²) in [4.78, 5) is 38.1. The number of rotatable bonds is 57. The quantitative estimate of drug-likeness (QED) is 0.0261. The van der Waals surface area contributed by atoms with Crippen molar-refractivity contribution in [1.29, 1.82) is 0 Å². The van der Waals surface area contributed by atoms with Crippen LogP contribution in [0.25, 0.3) is 0 Å². The average molecular weight is 1030 g/mol. The molecule has 0 aliphatic rings. The Morgan fingerprint density at radius 1 is 0.284 bits per heavy atom. The summed E-state index contributed by atoms with van der Waals surface area (Å²) in [5.74, 6) is -0.887. The number of unbranched alkanes of at least 4 members (excludes halogenated alkanes) is 32. The van der Waals surface area contributed by atoms with Crippen LogP contribution in [0.1, 0.15) is 310 Å². The summed E-state index contributed by atoms with van der Waals surface area (Å²) in [5, 5.41) is 0. The fourth-order valence-electron chi connectivity index (χ4n) is 8.91. The molecule has 0 fully saturated rings. The summed E-state index contributed by atoms with van der Waals surface area (Å²) < 4.78 is 16.9. The first-order valence-electron chi connectivity index (χ1n) is 31.6. The van der Waals surface area contributed by atoms with Crippen molar-refractivity contribution in [2.24, 2.45) is 0 Å². The predicted octanol–water partition coefficient (Wildman–Crippen LogP) is 21.5. The maximum absolute atomic E-state index is 12.9. The summed E-state index contributed by atoms with van der Waals surface area (Å²) in [7, 11) is 0. The fourth-order valence-corrected chi connectivity index (χ4v) is 8.91. The van der Waals surface area contributed by atoms with E-state index in [2.05, 4.69) is 106 Å². The van der Waals surface area contributed by atoms with Crippen LogP contribution >= 0.6 is 0 Å². The molecule has 74 heavy (non-hydrogen) atoms. The number of esters is 3. The minimum Gasteiger partial charge on any atom is -0.462 e. The highest BCUT2D eigenvalue weighted by Gasteiger charge is 2.19. The first kappa shape index (κ1) is 70.6. The zero-order valence-corrected chi connectivity index (χ0v) is 48.8. The van der Waals surface area contributed by atoms with E-state index in [4.69, 9.17) is 14.2 Å². The van der Waals surface area contributed by atoms with Gasteiger partial charge in [0.2, 0.25) is 0 Å².